The van der Waals surface area contributed by atoms with Gasteiger partial charge in [0, 0.05) is 13.6 Å². The van der Waals surface area contributed by atoms with Crippen LogP contribution in [0, 0.1) is 12.7 Å². The van der Waals surface area contributed by atoms with E-state index < -0.39 is 0 Å². The summed E-state index contributed by atoms with van der Waals surface area (Å²) in [7, 11) is 1.88. The van der Waals surface area contributed by atoms with Gasteiger partial charge in [-0.1, -0.05) is 12.1 Å². The SMILES string of the molecule is CCn1nc(C)c(Br)c1CN(C)c1ccccc1F. The summed E-state index contributed by atoms with van der Waals surface area (Å²) in [5.74, 6) is -0.208. The number of hydrogen-bond acceptors (Lipinski definition) is 2. The molecule has 0 N–H and O–H groups in total. The van der Waals surface area contributed by atoms with Crippen LogP contribution in [-0.2, 0) is 13.1 Å². The molecular weight excluding hydrogens is 309 g/mol. The zero-order valence-corrected chi connectivity index (χ0v) is 12.9. The third-order valence-electron chi connectivity index (χ3n) is 3.10. The Hall–Kier alpha value is -1.36. The van der Waals surface area contributed by atoms with Crippen molar-refractivity contribution >= 4 is 21.6 Å². The van der Waals surface area contributed by atoms with Crippen LogP contribution in [0.5, 0.6) is 0 Å². The maximum absolute atomic E-state index is 13.8. The maximum Gasteiger partial charge on any atom is 0.146 e. The van der Waals surface area contributed by atoms with E-state index in [9.17, 15) is 4.39 Å². The van der Waals surface area contributed by atoms with E-state index in [1.807, 2.05) is 36.5 Å². The first-order valence-electron chi connectivity index (χ1n) is 6.22. The molecule has 1 aromatic heterocycles. The predicted octanol–water partition coefficient (Wildman–Crippen LogP) is 3.75. The van der Waals surface area contributed by atoms with Gasteiger partial charge >= 0.3 is 0 Å². The Morgan fingerprint density at radius 1 is 1.37 bits per heavy atom. The van der Waals surface area contributed by atoms with Gasteiger partial charge in [0.15, 0.2) is 0 Å². The molecule has 0 aliphatic rings. The van der Waals surface area contributed by atoms with Crippen LogP contribution in [0.3, 0.4) is 0 Å². The Bertz CT molecular complexity index is 580. The van der Waals surface area contributed by atoms with Crippen molar-refractivity contribution in [3.63, 3.8) is 0 Å². The van der Waals surface area contributed by atoms with Crippen LogP contribution in [0.4, 0.5) is 10.1 Å². The molecule has 0 saturated carbocycles. The summed E-state index contributed by atoms with van der Waals surface area (Å²) in [5.41, 5.74) is 2.61. The monoisotopic (exact) mass is 325 g/mol. The Kier molecular flexibility index (Phi) is 4.24. The molecule has 0 saturated heterocycles. The van der Waals surface area contributed by atoms with E-state index in [2.05, 4.69) is 21.0 Å². The molecule has 0 fully saturated rings. The minimum atomic E-state index is -0.208. The molecule has 3 nitrogen and oxygen atoms in total. The molecule has 0 unspecified atom stereocenters. The van der Waals surface area contributed by atoms with Gasteiger partial charge in [0.2, 0.25) is 0 Å². The van der Waals surface area contributed by atoms with E-state index in [0.717, 1.165) is 22.4 Å². The summed E-state index contributed by atoms with van der Waals surface area (Å²) in [4.78, 5) is 1.89. The molecule has 0 atom stereocenters. The van der Waals surface area contributed by atoms with Crippen LogP contribution in [0.1, 0.15) is 18.3 Å². The Labute approximate surface area is 121 Å². The van der Waals surface area contributed by atoms with Crippen LogP contribution >= 0.6 is 15.9 Å². The summed E-state index contributed by atoms with van der Waals surface area (Å²) in [6.45, 7) is 5.41. The van der Waals surface area contributed by atoms with Gasteiger partial charge in [-0.15, -0.1) is 0 Å². The topological polar surface area (TPSA) is 21.1 Å². The lowest BCUT2D eigenvalue weighted by molar-refractivity contribution is 0.600. The molecule has 2 rings (SSSR count). The molecule has 5 heteroatoms. The summed E-state index contributed by atoms with van der Waals surface area (Å²) >= 11 is 3.56. The van der Waals surface area contributed by atoms with Crippen LogP contribution < -0.4 is 4.90 Å². The Morgan fingerprint density at radius 3 is 2.68 bits per heavy atom. The molecule has 0 aliphatic carbocycles. The number of benzene rings is 1. The predicted molar refractivity (Wildman–Crippen MR) is 78.8 cm³/mol. The van der Waals surface area contributed by atoms with Crippen LogP contribution in [0.15, 0.2) is 28.7 Å². The molecule has 0 spiro atoms. The van der Waals surface area contributed by atoms with Gasteiger partial charge in [0.25, 0.3) is 0 Å². The van der Waals surface area contributed by atoms with Gasteiger partial charge in [-0.3, -0.25) is 4.68 Å². The van der Waals surface area contributed by atoms with Gasteiger partial charge in [0.05, 0.1) is 28.1 Å². The third-order valence-corrected chi connectivity index (χ3v) is 4.13. The number of hydrogen-bond donors (Lipinski definition) is 0. The molecule has 1 aromatic carbocycles. The molecule has 19 heavy (non-hydrogen) atoms. The fourth-order valence-electron chi connectivity index (χ4n) is 2.09. The number of nitrogens with zero attached hydrogens (tertiary/aromatic N) is 3. The summed E-state index contributed by atoms with van der Waals surface area (Å²) in [6, 6.07) is 6.79. The normalized spacial score (nSPS) is 10.8. The maximum atomic E-state index is 13.8. The number of aromatic nitrogens is 2. The highest BCUT2D eigenvalue weighted by atomic mass is 79.9. The molecule has 2 aromatic rings. The highest BCUT2D eigenvalue weighted by molar-refractivity contribution is 9.10. The largest absolute Gasteiger partial charge is 0.366 e. The van der Waals surface area contributed by atoms with Crippen molar-refractivity contribution in [3.8, 4) is 0 Å². The second kappa shape index (κ2) is 5.74. The second-order valence-electron chi connectivity index (χ2n) is 4.47. The number of aryl methyl sites for hydroxylation is 2. The molecule has 1 heterocycles. The van der Waals surface area contributed by atoms with Gasteiger partial charge in [0.1, 0.15) is 5.82 Å². The van der Waals surface area contributed by atoms with E-state index in [0.29, 0.717) is 12.2 Å². The van der Waals surface area contributed by atoms with Crippen molar-refractivity contribution in [3.05, 3.63) is 45.9 Å². The lowest BCUT2D eigenvalue weighted by Crippen LogP contribution is -2.20. The minimum Gasteiger partial charge on any atom is -0.366 e. The van der Waals surface area contributed by atoms with Gasteiger partial charge in [-0.05, 0) is 41.9 Å². The average Bonchev–Trinajstić information content (AvgIpc) is 2.67. The highest BCUT2D eigenvalue weighted by Gasteiger charge is 2.15. The number of anilines is 1. The molecule has 102 valence electrons. The van der Waals surface area contributed by atoms with Crippen molar-refractivity contribution in [1.29, 1.82) is 0 Å². The minimum absolute atomic E-state index is 0.208. The lowest BCUT2D eigenvalue weighted by atomic mass is 10.2. The van der Waals surface area contributed by atoms with Crippen molar-refractivity contribution < 1.29 is 4.39 Å². The number of rotatable bonds is 4. The highest BCUT2D eigenvalue weighted by Crippen LogP contribution is 2.25. The van der Waals surface area contributed by atoms with Crippen molar-refractivity contribution in [2.75, 3.05) is 11.9 Å². The van der Waals surface area contributed by atoms with Crippen molar-refractivity contribution in [1.82, 2.24) is 9.78 Å². The fourth-order valence-corrected chi connectivity index (χ4v) is 2.50. The van der Waals surface area contributed by atoms with Gasteiger partial charge < -0.3 is 4.90 Å². The fraction of sp³-hybridized carbons (Fsp3) is 0.357. The van der Waals surface area contributed by atoms with Crippen molar-refractivity contribution in [2.45, 2.75) is 26.9 Å². The zero-order valence-electron chi connectivity index (χ0n) is 11.3. The Balaban J connectivity index is 2.29. The summed E-state index contributed by atoms with van der Waals surface area (Å²) < 4.78 is 16.7. The van der Waals surface area contributed by atoms with Gasteiger partial charge in [-0.2, -0.15) is 5.10 Å². The zero-order chi connectivity index (χ0) is 14.0. The third kappa shape index (κ3) is 2.81. The average molecular weight is 326 g/mol. The number of halogens is 2. The van der Waals surface area contributed by atoms with E-state index in [4.69, 9.17) is 0 Å². The first-order valence-corrected chi connectivity index (χ1v) is 7.01. The van der Waals surface area contributed by atoms with Crippen LogP contribution in [0.2, 0.25) is 0 Å². The first-order chi connectivity index (χ1) is 9.04. The van der Waals surface area contributed by atoms with Crippen LogP contribution in [0.25, 0.3) is 0 Å². The standard InChI is InChI=1S/C14H17BrFN3/c1-4-19-13(14(15)10(2)17-19)9-18(3)12-8-6-5-7-11(12)16/h5-8H,4,9H2,1-3H3. The second-order valence-corrected chi connectivity index (χ2v) is 5.26. The summed E-state index contributed by atoms with van der Waals surface area (Å²) in [6.07, 6.45) is 0. The Morgan fingerprint density at radius 2 is 2.05 bits per heavy atom. The van der Waals surface area contributed by atoms with Crippen LogP contribution in [-0.4, -0.2) is 16.8 Å². The molecule has 0 radical (unpaired) electrons. The quantitative estimate of drug-likeness (QED) is 0.853. The van der Waals surface area contributed by atoms with E-state index in [1.54, 1.807) is 12.1 Å². The first kappa shape index (κ1) is 14.1. The molecule has 0 bridgehead atoms. The van der Waals surface area contributed by atoms with Crippen molar-refractivity contribution in [2.24, 2.45) is 0 Å². The molecule has 0 amide bonds. The smallest absolute Gasteiger partial charge is 0.146 e. The molecular formula is C14H17BrFN3. The number of para-hydroxylation sites is 1. The van der Waals surface area contributed by atoms with E-state index >= 15 is 0 Å². The van der Waals surface area contributed by atoms with E-state index in [-0.39, 0.29) is 5.82 Å². The van der Waals surface area contributed by atoms with Gasteiger partial charge in [-0.25, -0.2) is 4.39 Å². The van der Waals surface area contributed by atoms with E-state index in [1.165, 1.54) is 6.07 Å². The molecule has 0 aliphatic heterocycles. The summed E-state index contributed by atoms with van der Waals surface area (Å²) in [5, 5.41) is 4.45. The lowest BCUT2D eigenvalue weighted by Gasteiger charge is -2.20.